The van der Waals surface area contributed by atoms with Gasteiger partial charge in [0.15, 0.2) is 0 Å². The number of amides is 6. The van der Waals surface area contributed by atoms with Gasteiger partial charge in [-0.15, -0.1) is 11.8 Å². The Labute approximate surface area is 284 Å². The lowest BCUT2D eigenvalue weighted by atomic mass is 9.98. The molecule has 0 radical (unpaired) electrons. The van der Waals surface area contributed by atoms with Gasteiger partial charge in [0.25, 0.3) is 0 Å². The summed E-state index contributed by atoms with van der Waals surface area (Å²) < 4.78 is 5.93. The molecule has 0 aliphatic heterocycles. The second kappa shape index (κ2) is 22.1. The van der Waals surface area contributed by atoms with Gasteiger partial charge in [0.2, 0.25) is 36.4 Å². The fourth-order valence-corrected chi connectivity index (χ4v) is 5.49. The average Bonchev–Trinajstić information content (AvgIpc) is 3.44. The quantitative estimate of drug-likeness (QED) is 0.0433. The number of hydrogen-bond donors (Lipinski definition) is 7. The van der Waals surface area contributed by atoms with Crippen molar-refractivity contribution in [1.82, 2.24) is 36.9 Å². The van der Waals surface area contributed by atoms with E-state index in [9.17, 15) is 33.6 Å². The number of carbonyl (C=O) groups excluding carboxylic acids is 7. The molecule has 1 heterocycles. The zero-order valence-corrected chi connectivity index (χ0v) is 28.5. The summed E-state index contributed by atoms with van der Waals surface area (Å²) in [5.41, 5.74) is 1.63. The van der Waals surface area contributed by atoms with Gasteiger partial charge in [0.05, 0.1) is 36.8 Å². The lowest BCUT2D eigenvalue weighted by molar-refractivity contribution is -0.132. The van der Waals surface area contributed by atoms with Gasteiger partial charge < -0.3 is 46.4 Å². The van der Waals surface area contributed by atoms with E-state index in [-0.39, 0.29) is 25.4 Å². The molecule has 48 heavy (non-hydrogen) atoms. The van der Waals surface area contributed by atoms with E-state index in [2.05, 4.69) is 36.9 Å². The van der Waals surface area contributed by atoms with Gasteiger partial charge in [-0.1, -0.05) is 33.1 Å². The van der Waals surface area contributed by atoms with Gasteiger partial charge in [0.1, 0.15) is 24.1 Å². The van der Waals surface area contributed by atoms with Gasteiger partial charge in [0, 0.05) is 24.4 Å². The van der Waals surface area contributed by atoms with E-state index in [1.807, 2.05) is 31.4 Å². The molecule has 1 aromatic carbocycles. The van der Waals surface area contributed by atoms with E-state index in [1.54, 1.807) is 6.92 Å². The minimum absolute atomic E-state index is 0.144. The molecule has 0 fully saturated rings. The number of aromatic amines is 1. The molecule has 0 saturated carbocycles. The Kier molecular flexibility index (Phi) is 18.2. The highest BCUT2D eigenvalue weighted by atomic mass is 32.2. The number of aldehydes is 1. The van der Waals surface area contributed by atoms with E-state index in [1.165, 1.54) is 11.8 Å². The van der Waals surface area contributed by atoms with Crippen molar-refractivity contribution < 1.29 is 38.3 Å². The number of rotatable bonds is 25. The van der Waals surface area contributed by atoms with Crippen LogP contribution in [0.15, 0.2) is 23.2 Å². The maximum absolute atomic E-state index is 13.2. The van der Waals surface area contributed by atoms with E-state index < -0.39 is 42.3 Å². The van der Waals surface area contributed by atoms with Crippen molar-refractivity contribution in [3.63, 3.8) is 0 Å². The van der Waals surface area contributed by atoms with Crippen LogP contribution < -0.4 is 36.6 Å². The smallest absolute Gasteiger partial charge is 0.243 e. The van der Waals surface area contributed by atoms with Crippen molar-refractivity contribution in [3.8, 4) is 5.75 Å². The lowest BCUT2D eigenvalue weighted by Crippen LogP contribution is -2.54. The molecule has 3 unspecified atom stereocenters. The fraction of sp³-hybridized carbons (Fsp3) is 0.531. The molecule has 0 bridgehead atoms. The minimum atomic E-state index is -0.989. The van der Waals surface area contributed by atoms with Crippen molar-refractivity contribution in [2.45, 2.75) is 69.5 Å². The number of carbonyl (C=O) groups is 7. The number of fused-ring (bicyclic) bond motifs is 1. The number of nitrogens with one attached hydrogen (secondary N) is 7. The lowest BCUT2D eigenvalue weighted by Gasteiger charge is -2.24. The summed E-state index contributed by atoms with van der Waals surface area (Å²) >= 11 is 1.46. The Balaban J connectivity index is 2.00. The Morgan fingerprint density at radius 3 is 2.35 bits per heavy atom. The number of ether oxygens (including phenoxy) is 1. The maximum Gasteiger partial charge on any atom is 0.243 e. The molecule has 0 spiro atoms. The Morgan fingerprint density at radius 1 is 0.938 bits per heavy atom. The summed E-state index contributed by atoms with van der Waals surface area (Å²) in [5.74, 6) is -1.93. The monoisotopic (exact) mass is 689 g/mol. The van der Waals surface area contributed by atoms with Crippen LogP contribution >= 0.6 is 11.8 Å². The summed E-state index contributed by atoms with van der Waals surface area (Å²) in [6.07, 6.45) is 8.01. The molecule has 16 heteroatoms. The Morgan fingerprint density at radius 2 is 1.67 bits per heavy atom. The summed E-state index contributed by atoms with van der Waals surface area (Å²) in [5, 5.41) is 16.8. The van der Waals surface area contributed by atoms with Crippen LogP contribution in [0.25, 0.3) is 10.9 Å². The molecule has 264 valence electrons. The second-order valence-corrected chi connectivity index (χ2v) is 11.9. The van der Waals surface area contributed by atoms with Crippen LogP contribution in [-0.2, 0) is 40.0 Å². The number of aromatic nitrogens is 1. The summed E-state index contributed by atoms with van der Waals surface area (Å²) in [4.78, 5) is 86.0. The van der Waals surface area contributed by atoms with E-state index in [0.29, 0.717) is 44.4 Å². The number of thioether (sulfide) groups is 1. The van der Waals surface area contributed by atoms with Gasteiger partial charge in [-0.2, -0.15) is 0 Å². The molecular weight excluding hydrogens is 642 g/mol. The van der Waals surface area contributed by atoms with Crippen molar-refractivity contribution in [2.75, 3.05) is 39.0 Å². The summed E-state index contributed by atoms with van der Waals surface area (Å²) in [6.45, 7) is 3.83. The van der Waals surface area contributed by atoms with Gasteiger partial charge in [-0.25, -0.2) is 0 Å². The van der Waals surface area contributed by atoms with Crippen molar-refractivity contribution >= 4 is 65.4 Å². The summed E-state index contributed by atoms with van der Waals surface area (Å²) in [7, 11) is 0. The van der Waals surface area contributed by atoms with Crippen LogP contribution in [0.3, 0.4) is 0 Å². The highest BCUT2D eigenvalue weighted by Gasteiger charge is 2.27. The largest absolute Gasteiger partial charge is 0.494 e. The van der Waals surface area contributed by atoms with Crippen LogP contribution in [0.2, 0.25) is 0 Å². The van der Waals surface area contributed by atoms with Gasteiger partial charge in [-0.3, -0.25) is 28.8 Å². The zero-order valence-electron chi connectivity index (χ0n) is 27.6. The molecule has 0 aliphatic rings. The Hall–Kier alpha value is -4.60. The zero-order chi connectivity index (χ0) is 35.3. The van der Waals surface area contributed by atoms with Crippen LogP contribution in [0.5, 0.6) is 5.75 Å². The fourth-order valence-electron chi connectivity index (χ4n) is 4.83. The van der Waals surface area contributed by atoms with Gasteiger partial charge >= 0.3 is 0 Å². The van der Waals surface area contributed by atoms with Gasteiger partial charge in [-0.05, 0) is 42.7 Å². The molecule has 1 aromatic heterocycles. The first-order valence-corrected chi connectivity index (χ1v) is 17.1. The standard InChI is InChI=1S/C32H47N7O8S/c1-4-21(2)29(31(46)36-17-27(43)34-12-13-40)39-28(44)18-35-30(45)26(37-20-42)16-24-23-10-9-22(15-25(23)38-32(24)48-3)47-14-8-6-5-7-11-33-19-41/h9-10,13,15,19-21,26,29,38H,4-8,11-12,14,16-18H2,1-3H3,(H,33,41)(H,34,43)(H,35,45)(H,36,46)(H,37,42)(H,39,44). The first-order chi connectivity index (χ1) is 23.2. The van der Waals surface area contributed by atoms with Crippen LogP contribution in [0.4, 0.5) is 0 Å². The highest BCUT2D eigenvalue weighted by Crippen LogP contribution is 2.32. The third-order valence-corrected chi connectivity index (χ3v) is 8.40. The first-order valence-electron chi connectivity index (χ1n) is 15.9. The normalized spacial score (nSPS) is 12.6. The topological polar surface area (TPSA) is 217 Å². The highest BCUT2D eigenvalue weighted by molar-refractivity contribution is 7.98. The number of hydrogen-bond acceptors (Lipinski definition) is 9. The van der Waals surface area contributed by atoms with E-state index in [4.69, 9.17) is 4.74 Å². The van der Waals surface area contributed by atoms with Crippen LogP contribution in [0.1, 0.15) is 51.5 Å². The predicted molar refractivity (Wildman–Crippen MR) is 181 cm³/mol. The van der Waals surface area contributed by atoms with E-state index >= 15 is 0 Å². The number of H-pyrrole nitrogens is 1. The third kappa shape index (κ3) is 13.3. The number of unbranched alkanes of at least 4 members (excludes halogenated alkanes) is 3. The molecule has 0 saturated heterocycles. The minimum Gasteiger partial charge on any atom is -0.494 e. The SMILES string of the molecule is CCC(C)C(NC(=O)CNC(=O)C(Cc1c(SC)[nH]c2cc(OCCCCCCNC=O)ccc12)NC=O)C(=O)NCC(=O)NCC=O. The van der Waals surface area contributed by atoms with Crippen molar-refractivity contribution in [2.24, 2.45) is 5.92 Å². The molecule has 7 N–H and O–H groups in total. The number of benzene rings is 1. The maximum atomic E-state index is 13.2. The van der Waals surface area contributed by atoms with Crippen molar-refractivity contribution in [3.05, 3.63) is 23.8 Å². The molecule has 3 atom stereocenters. The van der Waals surface area contributed by atoms with Crippen LogP contribution in [-0.4, -0.2) is 98.8 Å². The second-order valence-electron chi connectivity index (χ2n) is 11.1. The summed E-state index contributed by atoms with van der Waals surface area (Å²) in [6, 6.07) is 3.68. The molecule has 6 amide bonds. The van der Waals surface area contributed by atoms with E-state index in [0.717, 1.165) is 47.2 Å². The Bertz CT molecular complexity index is 1390. The first kappa shape index (κ1) is 39.6. The third-order valence-electron chi connectivity index (χ3n) is 7.64. The molecule has 15 nitrogen and oxygen atoms in total. The molecular formula is C32H47N7O8S. The molecule has 2 aromatic rings. The van der Waals surface area contributed by atoms with Crippen molar-refractivity contribution in [1.29, 1.82) is 0 Å². The van der Waals surface area contributed by atoms with Crippen LogP contribution in [0, 0.1) is 5.92 Å². The average molecular weight is 690 g/mol. The molecule has 2 rings (SSSR count). The predicted octanol–water partition coefficient (Wildman–Crippen LogP) is 0.311. The molecule has 0 aliphatic carbocycles.